The highest BCUT2D eigenvalue weighted by Crippen LogP contribution is 2.38. The van der Waals surface area contributed by atoms with Gasteiger partial charge in [0.2, 0.25) is 0 Å². The number of rotatable bonds is 5. The number of nitrogens with zero attached hydrogens (tertiary/aromatic N) is 1. The molecule has 1 atom stereocenters. The Hall–Kier alpha value is -2.24. The molecule has 24 heavy (non-hydrogen) atoms. The molecule has 1 N–H and O–H groups in total. The van der Waals surface area contributed by atoms with E-state index in [0.29, 0.717) is 30.5 Å². The van der Waals surface area contributed by atoms with Gasteiger partial charge < -0.3 is 19.3 Å². The van der Waals surface area contributed by atoms with Crippen molar-refractivity contribution in [1.29, 1.82) is 0 Å². The number of benzene rings is 2. The molecule has 2 aromatic carbocycles. The van der Waals surface area contributed by atoms with E-state index in [-0.39, 0.29) is 6.04 Å². The smallest absolute Gasteiger partial charge is 0.161 e. The average molecular weight is 329 g/mol. The fraction of sp³-hybridized carbons (Fsp3) is 0.368. The lowest BCUT2D eigenvalue weighted by molar-refractivity contribution is 0.0235. The van der Waals surface area contributed by atoms with Crippen LogP contribution in [0.3, 0.4) is 0 Å². The Morgan fingerprint density at radius 1 is 1.00 bits per heavy atom. The monoisotopic (exact) mass is 329 g/mol. The summed E-state index contributed by atoms with van der Waals surface area (Å²) in [6.07, 6.45) is 0. The first-order valence-electron chi connectivity index (χ1n) is 8.06. The minimum atomic E-state index is -0.0603. The Balaban J connectivity index is 2.06. The molecule has 1 unspecified atom stereocenters. The van der Waals surface area contributed by atoms with Crippen molar-refractivity contribution in [2.75, 3.05) is 40.5 Å². The summed E-state index contributed by atoms with van der Waals surface area (Å²) >= 11 is 0. The van der Waals surface area contributed by atoms with Crippen LogP contribution >= 0.6 is 0 Å². The Morgan fingerprint density at radius 3 is 2.38 bits per heavy atom. The molecule has 1 saturated heterocycles. The largest absolute Gasteiger partial charge is 0.508 e. The minimum Gasteiger partial charge on any atom is -0.508 e. The summed E-state index contributed by atoms with van der Waals surface area (Å²) in [6, 6.07) is 13.3. The number of para-hydroxylation sites is 1. The second kappa shape index (κ2) is 7.55. The Labute approximate surface area is 142 Å². The fourth-order valence-electron chi connectivity index (χ4n) is 3.16. The molecule has 5 nitrogen and oxygen atoms in total. The van der Waals surface area contributed by atoms with Gasteiger partial charge in [-0.25, -0.2) is 0 Å². The number of methoxy groups -OCH3 is 2. The lowest BCUT2D eigenvalue weighted by atomic mass is 9.95. The molecular formula is C19H23NO4. The number of aromatic hydroxyl groups is 1. The molecule has 0 aliphatic carbocycles. The van der Waals surface area contributed by atoms with Crippen molar-refractivity contribution in [2.24, 2.45) is 0 Å². The second-order valence-electron chi connectivity index (χ2n) is 5.72. The van der Waals surface area contributed by atoms with Gasteiger partial charge in [0, 0.05) is 18.7 Å². The van der Waals surface area contributed by atoms with Crippen molar-refractivity contribution in [3.05, 3.63) is 53.6 Å². The van der Waals surface area contributed by atoms with Crippen molar-refractivity contribution >= 4 is 0 Å². The van der Waals surface area contributed by atoms with E-state index in [4.69, 9.17) is 14.2 Å². The first-order valence-corrected chi connectivity index (χ1v) is 8.06. The van der Waals surface area contributed by atoms with Crippen molar-refractivity contribution in [1.82, 2.24) is 4.90 Å². The molecule has 1 aliphatic rings. The summed E-state index contributed by atoms with van der Waals surface area (Å²) in [5, 5.41) is 10.4. The highest BCUT2D eigenvalue weighted by atomic mass is 16.5. The number of phenols is 1. The van der Waals surface area contributed by atoms with E-state index in [0.717, 1.165) is 24.2 Å². The van der Waals surface area contributed by atoms with Crippen LogP contribution in [0.2, 0.25) is 0 Å². The van der Waals surface area contributed by atoms with Crippen molar-refractivity contribution in [2.45, 2.75) is 6.04 Å². The van der Waals surface area contributed by atoms with E-state index in [2.05, 4.69) is 4.90 Å². The Kier molecular flexibility index (Phi) is 5.23. The summed E-state index contributed by atoms with van der Waals surface area (Å²) < 4.78 is 16.3. The first kappa shape index (κ1) is 16.6. The van der Waals surface area contributed by atoms with E-state index in [9.17, 15) is 5.11 Å². The van der Waals surface area contributed by atoms with Crippen LogP contribution in [0.5, 0.6) is 17.2 Å². The summed E-state index contributed by atoms with van der Waals surface area (Å²) in [7, 11) is 3.26. The third-order valence-electron chi connectivity index (χ3n) is 4.37. The summed E-state index contributed by atoms with van der Waals surface area (Å²) in [5.41, 5.74) is 1.93. The normalized spacial score (nSPS) is 16.6. The van der Waals surface area contributed by atoms with Gasteiger partial charge in [0.1, 0.15) is 5.75 Å². The molecule has 0 bridgehead atoms. The predicted octanol–water partition coefficient (Wildman–Crippen LogP) is 2.83. The van der Waals surface area contributed by atoms with Crippen LogP contribution in [0.25, 0.3) is 0 Å². The minimum absolute atomic E-state index is 0.0603. The molecular weight excluding hydrogens is 306 g/mol. The highest BCUT2D eigenvalue weighted by Gasteiger charge is 2.27. The number of hydrogen-bond donors (Lipinski definition) is 1. The molecule has 1 heterocycles. The zero-order valence-electron chi connectivity index (χ0n) is 14.1. The van der Waals surface area contributed by atoms with Crippen LogP contribution in [0.4, 0.5) is 0 Å². The van der Waals surface area contributed by atoms with E-state index in [1.807, 2.05) is 36.4 Å². The first-order chi connectivity index (χ1) is 11.7. The number of ether oxygens (including phenoxy) is 3. The molecule has 0 aromatic heterocycles. The molecule has 3 rings (SSSR count). The van der Waals surface area contributed by atoms with Gasteiger partial charge in [0.15, 0.2) is 11.5 Å². The predicted molar refractivity (Wildman–Crippen MR) is 91.9 cm³/mol. The van der Waals surface area contributed by atoms with Crippen LogP contribution in [0, 0.1) is 0 Å². The van der Waals surface area contributed by atoms with Gasteiger partial charge in [-0.2, -0.15) is 0 Å². The molecule has 1 fully saturated rings. The third kappa shape index (κ3) is 3.32. The molecule has 5 heteroatoms. The van der Waals surface area contributed by atoms with E-state index in [1.165, 1.54) is 0 Å². The van der Waals surface area contributed by atoms with Crippen LogP contribution in [-0.4, -0.2) is 50.5 Å². The maximum absolute atomic E-state index is 10.4. The van der Waals surface area contributed by atoms with Crippen molar-refractivity contribution < 1.29 is 19.3 Å². The maximum atomic E-state index is 10.4. The van der Waals surface area contributed by atoms with E-state index < -0.39 is 0 Å². The van der Waals surface area contributed by atoms with Crippen LogP contribution < -0.4 is 9.47 Å². The number of morpholine rings is 1. The van der Waals surface area contributed by atoms with Gasteiger partial charge in [-0.1, -0.05) is 24.3 Å². The SMILES string of the molecule is COc1ccc(C(c2ccccc2O)N2CCOCC2)cc1OC. The molecule has 0 saturated carbocycles. The van der Waals surface area contributed by atoms with Crippen LogP contribution in [-0.2, 0) is 4.74 Å². The molecule has 0 spiro atoms. The lowest BCUT2D eigenvalue weighted by Gasteiger charge is -2.35. The molecule has 0 amide bonds. The van der Waals surface area contributed by atoms with E-state index >= 15 is 0 Å². The number of hydrogen-bond acceptors (Lipinski definition) is 5. The summed E-state index contributed by atoms with van der Waals surface area (Å²) in [6.45, 7) is 3.01. The van der Waals surface area contributed by atoms with E-state index in [1.54, 1.807) is 20.3 Å². The molecule has 1 aliphatic heterocycles. The maximum Gasteiger partial charge on any atom is 0.161 e. The van der Waals surface area contributed by atoms with Gasteiger partial charge in [0.05, 0.1) is 33.5 Å². The summed E-state index contributed by atoms with van der Waals surface area (Å²) in [4.78, 5) is 2.32. The van der Waals surface area contributed by atoms with Gasteiger partial charge in [-0.3, -0.25) is 4.90 Å². The zero-order valence-corrected chi connectivity index (χ0v) is 14.1. The molecule has 128 valence electrons. The van der Waals surface area contributed by atoms with Gasteiger partial charge in [-0.15, -0.1) is 0 Å². The number of phenolic OH excluding ortho intramolecular Hbond substituents is 1. The lowest BCUT2D eigenvalue weighted by Crippen LogP contribution is -2.39. The van der Waals surface area contributed by atoms with Crippen molar-refractivity contribution in [3.63, 3.8) is 0 Å². The molecule has 0 radical (unpaired) electrons. The Morgan fingerprint density at radius 2 is 1.71 bits per heavy atom. The van der Waals surface area contributed by atoms with Crippen molar-refractivity contribution in [3.8, 4) is 17.2 Å². The zero-order chi connectivity index (χ0) is 16.9. The quantitative estimate of drug-likeness (QED) is 0.914. The second-order valence-corrected chi connectivity index (χ2v) is 5.72. The van der Waals surface area contributed by atoms with Crippen LogP contribution in [0.1, 0.15) is 17.2 Å². The van der Waals surface area contributed by atoms with Gasteiger partial charge in [0.25, 0.3) is 0 Å². The van der Waals surface area contributed by atoms with Gasteiger partial charge in [-0.05, 0) is 23.8 Å². The van der Waals surface area contributed by atoms with Crippen LogP contribution in [0.15, 0.2) is 42.5 Å². The topological polar surface area (TPSA) is 51.2 Å². The Bertz CT molecular complexity index is 683. The third-order valence-corrected chi connectivity index (χ3v) is 4.37. The standard InChI is InChI=1S/C19H23NO4/c1-22-17-8-7-14(13-18(17)23-2)19(20-9-11-24-12-10-20)15-5-3-4-6-16(15)21/h3-8,13,19,21H,9-12H2,1-2H3. The summed E-state index contributed by atoms with van der Waals surface area (Å²) in [5.74, 6) is 1.67. The fourth-order valence-corrected chi connectivity index (χ4v) is 3.16. The average Bonchev–Trinajstić information content (AvgIpc) is 2.64. The van der Waals surface area contributed by atoms with Gasteiger partial charge >= 0.3 is 0 Å². The highest BCUT2D eigenvalue weighted by molar-refractivity contribution is 5.48. The molecule has 2 aromatic rings.